The van der Waals surface area contributed by atoms with Gasteiger partial charge in [0.05, 0.1) is 33.5 Å². The van der Waals surface area contributed by atoms with Crippen molar-refractivity contribution in [3.8, 4) is 23.0 Å². The molecule has 1 N–H and O–H groups in total. The number of anilines is 1. The predicted octanol–water partition coefficient (Wildman–Crippen LogP) is 5.67. The molecule has 3 aromatic carbocycles. The zero-order chi connectivity index (χ0) is 27.7. The number of carbonyl (C=O) groups excluding carboxylic acids is 2. The number of nitrogens with one attached hydrogen (secondary N) is 1. The first-order valence-corrected chi connectivity index (χ1v) is 11.4. The van der Waals surface area contributed by atoms with Crippen molar-refractivity contribution in [1.82, 2.24) is 0 Å². The third-order valence-corrected chi connectivity index (χ3v) is 5.31. The molecular formula is C28H27F2NO7. The lowest BCUT2D eigenvalue weighted by molar-refractivity contribution is -0.111. The van der Waals surface area contributed by atoms with Gasteiger partial charge in [-0.05, 0) is 72.7 Å². The molecule has 3 aromatic rings. The lowest BCUT2D eigenvalue weighted by Crippen LogP contribution is -2.14. The Morgan fingerprint density at radius 3 is 2.03 bits per heavy atom. The van der Waals surface area contributed by atoms with Crippen molar-refractivity contribution >= 4 is 29.2 Å². The monoisotopic (exact) mass is 527 g/mol. The highest BCUT2D eigenvalue weighted by Crippen LogP contribution is 2.34. The van der Waals surface area contributed by atoms with Crippen molar-refractivity contribution in [2.45, 2.75) is 13.5 Å². The number of ether oxygens (including phenoxy) is 5. The number of benzene rings is 3. The number of hydrogen-bond acceptors (Lipinski definition) is 7. The molecule has 0 atom stereocenters. The first-order chi connectivity index (χ1) is 18.3. The van der Waals surface area contributed by atoms with Crippen LogP contribution in [0.2, 0.25) is 0 Å². The lowest BCUT2D eigenvalue weighted by Gasteiger charge is -2.14. The zero-order valence-electron chi connectivity index (χ0n) is 21.2. The van der Waals surface area contributed by atoms with Crippen molar-refractivity contribution in [2.75, 3.05) is 33.3 Å². The molecule has 1 amide bonds. The van der Waals surface area contributed by atoms with Crippen LogP contribution in [0, 0.1) is 0 Å². The number of rotatable bonds is 11. The normalized spacial score (nSPS) is 11.1. The quantitative estimate of drug-likeness (QED) is 0.195. The summed E-state index contributed by atoms with van der Waals surface area (Å²) in [5.41, 5.74) is 1.99. The summed E-state index contributed by atoms with van der Waals surface area (Å²) in [5.74, 6) is -0.141. The minimum atomic E-state index is -3.02. The maximum absolute atomic E-state index is 13.5. The third kappa shape index (κ3) is 7.00. The number of alkyl halides is 2. The second-order valence-electron chi connectivity index (χ2n) is 7.67. The van der Waals surface area contributed by atoms with E-state index in [0.717, 1.165) is 0 Å². The van der Waals surface area contributed by atoms with E-state index < -0.39 is 18.5 Å². The van der Waals surface area contributed by atoms with E-state index in [0.29, 0.717) is 33.9 Å². The van der Waals surface area contributed by atoms with Gasteiger partial charge in [-0.1, -0.05) is 12.1 Å². The van der Waals surface area contributed by atoms with Crippen LogP contribution in [0.1, 0.15) is 28.4 Å². The van der Waals surface area contributed by atoms with Crippen LogP contribution < -0.4 is 24.3 Å². The van der Waals surface area contributed by atoms with Gasteiger partial charge in [-0.25, -0.2) is 4.79 Å². The van der Waals surface area contributed by atoms with Crippen molar-refractivity contribution in [3.05, 3.63) is 77.4 Å². The molecule has 0 spiro atoms. The molecule has 200 valence electrons. The molecule has 0 radical (unpaired) electrons. The number of halogens is 2. The summed E-state index contributed by atoms with van der Waals surface area (Å²) < 4.78 is 50.8. The SMILES string of the molecule is CCOC(=O)c1ccc(NC(=O)C(=Cc2ccc(OC(F)F)c(OC)c2)c2ccc(OC)c(OC)c2)cc1. The largest absolute Gasteiger partial charge is 0.493 e. The fraction of sp³-hybridized carbons (Fsp3) is 0.214. The van der Waals surface area contributed by atoms with E-state index >= 15 is 0 Å². The van der Waals surface area contributed by atoms with E-state index in [9.17, 15) is 18.4 Å². The van der Waals surface area contributed by atoms with Gasteiger partial charge < -0.3 is 29.0 Å². The Labute approximate surface area is 218 Å². The van der Waals surface area contributed by atoms with Crippen LogP contribution in [0.15, 0.2) is 60.7 Å². The Hall–Kier alpha value is -4.60. The molecule has 3 rings (SSSR count). The maximum Gasteiger partial charge on any atom is 0.387 e. The first-order valence-electron chi connectivity index (χ1n) is 11.4. The van der Waals surface area contributed by atoms with Crippen molar-refractivity contribution in [1.29, 1.82) is 0 Å². The maximum atomic E-state index is 13.5. The molecular weight excluding hydrogens is 500 g/mol. The molecule has 0 fully saturated rings. The van der Waals surface area contributed by atoms with E-state index in [4.69, 9.17) is 18.9 Å². The van der Waals surface area contributed by atoms with Gasteiger partial charge in [0.1, 0.15) is 0 Å². The standard InChI is InChI=1S/C28H27F2NO7/c1-5-37-27(33)18-7-10-20(11-8-18)31-26(32)21(19-9-13-22(34-2)25(16-19)36-4)14-17-6-12-23(38-28(29)30)24(15-17)35-3/h6-16,28H,5H2,1-4H3,(H,31,32). The number of carbonyl (C=O) groups is 2. The highest BCUT2D eigenvalue weighted by molar-refractivity contribution is 6.29. The second kappa shape index (κ2) is 13.1. The van der Waals surface area contributed by atoms with E-state index in [1.807, 2.05) is 0 Å². The zero-order valence-corrected chi connectivity index (χ0v) is 21.2. The summed E-state index contributed by atoms with van der Waals surface area (Å²) in [5, 5.41) is 2.80. The summed E-state index contributed by atoms with van der Waals surface area (Å²) in [6, 6.07) is 15.5. The van der Waals surface area contributed by atoms with E-state index in [-0.39, 0.29) is 23.7 Å². The van der Waals surface area contributed by atoms with Gasteiger partial charge in [0, 0.05) is 11.3 Å². The Balaban J connectivity index is 2.01. The van der Waals surface area contributed by atoms with Crippen molar-refractivity contribution in [2.24, 2.45) is 0 Å². The minimum Gasteiger partial charge on any atom is -0.493 e. The number of hydrogen-bond donors (Lipinski definition) is 1. The Bertz CT molecular complexity index is 1310. The summed E-state index contributed by atoms with van der Waals surface area (Å²) in [6.45, 7) is -1.06. The second-order valence-corrected chi connectivity index (χ2v) is 7.67. The molecule has 0 aliphatic carbocycles. The van der Waals surface area contributed by atoms with Crippen LogP contribution in [0.3, 0.4) is 0 Å². The van der Waals surface area contributed by atoms with Gasteiger partial charge in [0.15, 0.2) is 23.0 Å². The highest BCUT2D eigenvalue weighted by Gasteiger charge is 2.17. The third-order valence-electron chi connectivity index (χ3n) is 5.31. The summed E-state index contributed by atoms with van der Waals surface area (Å²) in [7, 11) is 4.29. The van der Waals surface area contributed by atoms with Crippen LogP contribution in [0.25, 0.3) is 11.6 Å². The van der Waals surface area contributed by atoms with Gasteiger partial charge in [-0.15, -0.1) is 0 Å². The van der Waals surface area contributed by atoms with E-state index in [1.54, 1.807) is 55.5 Å². The molecule has 0 saturated heterocycles. The molecule has 0 aliphatic rings. The Kier molecular flexibility index (Phi) is 9.64. The van der Waals surface area contributed by atoms with Crippen LogP contribution in [-0.4, -0.2) is 46.4 Å². The average molecular weight is 528 g/mol. The van der Waals surface area contributed by atoms with Gasteiger partial charge in [-0.2, -0.15) is 8.78 Å². The van der Waals surface area contributed by atoms with E-state index in [2.05, 4.69) is 10.1 Å². The first kappa shape index (κ1) is 28.0. The molecule has 8 nitrogen and oxygen atoms in total. The van der Waals surface area contributed by atoms with Crippen LogP contribution >= 0.6 is 0 Å². The molecule has 38 heavy (non-hydrogen) atoms. The molecule has 0 aromatic heterocycles. The van der Waals surface area contributed by atoms with Gasteiger partial charge in [0.2, 0.25) is 0 Å². The summed E-state index contributed by atoms with van der Waals surface area (Å²) >= 11 is 0. The predicted molar refractivity (Wildman–Crippen MR) is 138 cm³/mol. The molecule has 0 aliphatic heterocycles. The number of esters is 1. The molecule has 0 saturated carbocycles. The Morgan fingerprint density at radius 1 is 0.816 bits per heavy atom. The van der Waals surface area contributed by atoms with Gasteiger partial charge >= 0.3 is 12.6 Å². The Morgan fingerprint density at radius 2 is 1.42 bits per heavy atom. The number of amides is 1. The topological polar surface area (TPSA) is 92.3 Å². The van der Waals surface area contributed by atoms with Crippen LogP contribution in [0.5, 0.6) is 23.0 Å². The summed E-state index contributed by atoms with van der Waals surface area (Å²) in [4.78, 5) is 25.4. The number of methoxy groups -OCH3 is 3. The molecule has 0 unspecified atom stereocenters. The van der Waals surface area contributed by atoms with Crippen molar-refractivity contribution in [3.63, 3.8) is 0 Å². The molecule has 0 bridgehead atoms. The van der Waals surface area contributed by atoms with E-state index in [1.165, 1.54) is 39.5 Å². The fourth-order valence-electron chi connectivity index (χ4n) is 3.52. The lowest BCUT2D eigenvalue weighted by atomic mass is 10.0. The average Bonchev–Trinajstić information content (AvgIpc) is 2.92. The minimum absolute atomic E-state index is 0.0701. The van der Waals surface area contributed by atoms with Crippen molar-refractivity contribution < 1.29 is 42.1 Å². The van der Waals surface area contributed by atoms with Crippen LogP contribution in [-0.2, 0) is 9.53 Å². The molecule has 0 heterocycles. The molecule has 10 heteroatoms. The fourth-order valence-corrected chi connectivity index (χ4v) is 3.52. The summed E-state index contributed by atoms with van der Waals surface area (Å²) in [6.07, 6.45) is 1.57. The van der Waals surface area contributed by atoms with Crippen LogP contribution in [0.4, 0.5) is 14.5 Å². The smallest absolute Gasteiger partial charge is 0.387 e. The van der Waals surface area contributed by atoms with Gasteiger partial charge in [-0.3, -0.25) is 4.79 Å². The highest BCUT2D eigenvalue weighted by atomic mass is 19.3. The van der Waals surface area contributed by atoms with Gasteiger partial charge in [0.25, 0.3) is 5.91 Å².